The van der Waals surface area contributed by atoms with Crippen molar-refractivity contribution in [2.75, 3.05) is 13.7 Å². The van der Waals surface area contributed by atoms with Crippen LogP contribution in [0.5, 0.6) is 5.88 Å². The number of hydrogen-bond donors (Lipinski definition) is 1. The Kier molecular flexibility index (Phi) is 3.88. The zero-order chi connectivity index (χ0) is 13.0. The van der Waals surface area contributed by atoms with E-state index in [2.05, 4.69) is 20.3 Å². The van der Waals surface area contributed by atoms with Crippen LogP contribution in [-0.4, -0.2) is 33.2 Å². The van der Waals surface area contributed by atoms with Crippen LogP contribution in [0, 0.1) is 0 Å². The van der Waals surface area contributed by atoms with E-state index in [1.165, 1.54) is 0 Å². The highest BCUT2D eigenvalue weighted by Gasteiger charge is 2.22. The number of rotatable bonds is 5. The fourth-order valence-electron chi connectivity index (χ4n) is 1.88. The molecule has 0 aliphatic heterocycles. The van der Waals surface area contributed by atoms with Gasteiger partial charge in [-0.15, -0.1) is 0 Å². The molecule has 0 spiro atoms. The van der Waals surface area contributed by atoms with Crippen molar-refractivity contribution in [2.24, 2.45) is 7.05 Å². The molecule has 0 fully saturated rings. The molecule has 1 N–H and O–H groups in total. The van der Waals surface area contributed by atoms with Crippen LogP contribution >= 0.6 is 0 Å². The number of nitrogens with one attached hydrogen (secondary N) is 1. The molecule has 0 aliphatic carbocycles. The van der Waals surface area contributed by atoms with Crippen LogP contribution in [0.15, 0.2) is 24.9 Å². The highest BCUT2D eigenvalue weighted by atomic mass is 16.5. The number of imidazole rings is 1. The quantitative estimate of drug-likeness (QED) is 0.851. The summed E-state index contributed by atoms with van der Waals surface area (Å²) >= 11 is 0. The minimum absolute atomic E-state index is 0.0776. The Balaban J connectivity index is 2.45. The zero-order valence-electron chi connectivity index (χ0n) is 10.8. The van der Waals surface area contributed by atoms with Gasteiger partial charge in [0.2, 0.25) is 5.88 Å². The highest BCUT2D eigenvalue weighted by molar-refractivity contribution is 5.28. The van der Waals surface area contributed by atoms with E-state index in [0.717, 1.165) is 17.9 Å². The Morgan fingerprint density at radius 2 is 2.17 bits per heavy atom. The van der Waals surface area contributed by atoms with Crippen molar-refractivity contribution in [1.29, 1.82) is 0 Å². The van der Waals surface area contributed by atoms with Crippen molar-refractivity contribution in [3.05, 3.63) is 36.3 Å². The van der Waals surface area contributed by atoms with Gasteiger partial charge in [-0.05, 0) is 6.54 Å². The molecule has 6 nitrogen and oxygen atoms in total. The van der Waals surface area contributed by atoms with Crippen molar-refractivity contribution in [2.45, 2.75) is 13.0 Å². The minimum Gasteiger partial charge on any atom is -0.480 e. The fraction of sp³-hybridized carbons (Fsp3) is 0.417. The number of aryl methyl sites for hydroxylation is 1. The van der Waals surface area contributed by atoms with Gasteiger partial charge in [0.05, 0.1) is 31.4 Å². The second-order valence-electron chi connectivity index (χ2n) is 3.87. The van der Waals surface area contributed by atoms with Gasteiger partial charge in [0, 0.05) is 19.4 Å². The summed E-state index contributed by atoms with van der Waals surface area (Å²) in [5, 5.41) is 3.37. The molecule has 0 saturated heterocycles. The number of aromatic nitrogens is 4. The second kappa shape index (κ2) is 5.59. The summed E-state index contributed by atoms with van der Waals surface area (Å²) in [6.07, 6.45) is 6.87. The van der Waals surface area contributed by atoms with Crippen molar-refractivity contribution < 1.29 is 4.74 Å². The molecule has 96 valence electrons. The van der Waals surface area contributed by atoms with Gasteiger partial charge in [0.1, 0.15) is 5.69 Å². The molecule has 1 atom stereocenters. The van der Waals surface area contributed by atoms with Crippen molar-refractivity contribution in [1.82, 2.24) is 24.8 Å². The van der Waals surface area contributed by atoms with Gasteiger partial charge in [-0.2, -0.15) is 0 Å². The van der Waals surface area contributed by atoms with E-state index >= 15 is 0 Å². The average Bonchev–Trinajstić information content (AvgIpc) is 2.82. The molecule has 18 heavy (non-hydrogen) atoms. The minimum atomic E-state index is -0.0776. The normalized spacial score (nSPS) is 12.4. The molecule has 2 aromatic rings. The molecule has 6 heteroatoms. The summed E-state index contributed by atoms with van der Waals surface area (Å²) in [4.78, 5) is 12.7. The Labute approximate surface area is 106 Å². The van der Waals surface area contributed by atoms with Crippen LogP contribution in [0.4, 0.5) is 0 Å². The Morgan fingerprint density at radius 1 is 1.39 bits per heavy atom. The maximum absolute atomic E-state index is 5.27. The molecule has 0 bridgehead atoms. The second-order valence-corrected chi connectivity index (χ2v) is 3.87. The maximum Gasteiger partial charge on any atom is 0.237 e. The average molecular weight is 247 g/mol. The fourth-order valence-corrected chi connectivity index (χ4v) is 1.88. The molecule has 0 radical (unpaired) electrons. The maximum atomic E-state index is 5.27. The predicted molar refractivity (Wildman–Crippen MR) is 67.3 cm³/mol. The van der Waals surface area contributed by atoms with Crippen molar-refractivity contribution in [3.8, 4) is 5.88 Å². The number of nitrogens with zero attached hydrogens (tertiary/aromatic N) is 4. The van der Waals surface area contributed by atoms with Crippen LogP contribution in [0.25, 0.3) is 0 Å². The van der Waals surface area contributed by atoms with E-state index in [-0.39, 0.29) is 6.04 Å². The van der Waals surface area contributed by atoms with Crippen LogP contribution in [0.2, 0.25) is 0 Å². The topological polar surface area (TPSA) is 64.9 Å². The summed E-state index contributed by atoms with van der Waals surface area (Å²) in [7, 11) is 3.55. The van der Waals surface area contributed by atoms with E-state index in [0.29, 0.717) is 5.88 Å². The summed E-state index contributed by atoms with van der Waals surface area (Å²) in [6, 6.07) is -0.0776. The first kappa shape index (κ1) is 12.5. The third-order valence-corrected chi connectivity index (χ3v) is 2.72. The third-order valence-electron chi connectivity index (χ3n) is 2.72. The zero-order valence-corrected chi connectivity index (χ0v) is 10.8. The highest BCUT2D eigenvalue weighted by Crippen LogP contribution is 2.25. The van der Waals surface area contributed by atoms with Crippen molar-refractivity contribution in [3.63, 3.8) is 0 Å². The van der Waals surface area contributed by atoms with Gasteiger partial charge < -0.3 is 14.6 Å². The van der Waals surface area contributed by atoms with Gasteiger partial charge in [0.15, 0.2) is 0 Å². The van der Waals surface area contributed by atoms with E-state index < -0.39 is 0 Å². The van der Waals surface area contributed by atoms with Crippen LogP contribution in [0.1, 0.15) is 24.4 Å². The summed E-state index contributed by atoms with van der Waals surface area (Å²) in [5.74, 6) is 0.532. The van der Waals surface area contributed by atoms with Crippen LogP contribution in [-0.2, 0) is 7.05 Å². The Bertz CT molecular complexity index is 511. The van der Waals surface area contributed by atoms with Gasteiger partial charge in [-0.3, -0.25) is 4.98 Å². The first-order valence-corrected chi connectivity index (χ1v) is 5.82. The smallest absolute Gasteiger partial charge is 0.237 e. The molecule has 0 amide bonds. The van der Waals surface area contributed by atoms with E-state index in [1.54, 1.807) is 25.8 Å². The van der Waals surface area contributed by atoms with Crippen molar-refractivity contribution >= 4 is 0 Å². The molecule has 2 heterocycles. The molecule has 2 aromatic heterocycles. The predicted octanol–water partition coefficient (Wildman–Crippen LogP) is 0.918. The lowest BCUT2D eigenvalue weighted by Gasteiger charge is -2.19. The number of methoxy groups -OCH3 is 1. The first-order valence-electron chi connectivity index (χ1n) is 5.82. The lowest BCUT2D eigenvalue weighted by atomic mass is 10.1. The summed E-state index contributed by atoms with van der Waals surface area (Å²) < 4.78 is 7.23. The molecule has 2 rings (SSSR count). The van der Waals surface area contributed by atoms with Gasteiger partial charge in [-0.1, -0.05) is 6.92 Å². The van der Waals surface area contributed by atoms with Crippen LogP contribution < -0.4 is 10.1 Å². The van der Waals surface area contributed by atoms with E-state index in [1.807, 2.05) is 24.7 Å². The lowest BCUT2D eigenvalue weighted by molar-refractivity contribution is 0.381. The first-order chi connectivity index (χ1) is 8.77. The third kappa shape index (κ3) is 2.33. The number of hydrogen-bond acceptors (Lipinski definition) is 5. The van der Waals surface area contributed by atoms with Gasteiger partial charge in [-0.25, -0.2) is 9.97 Å². The largest absolute Gasteiger partial charge is 0.480 e. The Hall–Kier alpha value is -1.95. The standard InChI is InChI=1S/C12H17N5O/c1-4-14-10(9-7-13-8-17(9)2)11-12(18-3)16-6-5-15-11/h5-8,10,14H,4H2,1-3H3. The lowest BCUT2D eigenvalue weighted by Crippen LogP contribution is -2.25. The molecular formula is C12H17N5O. The van der Waals surface area contributed by atoms with E-state index in [4.69, 9.17) is 4.74 Å². The Morgan fingerprint density at radius 3 is 2.78 bits per heavy atom. The molecule has 0 aromatic carbocycles. The number of ether oxygens (including phenoxy) is 1. The van der Waals surface area contributed by atoms with Gasteiger partial charge >= 0.3 is 0 Å². The molecule has 1 unspecified atom stereocenters. The molecule has 0 saturated carbocycles. The van der Waals surface area contributed by atoms with Gasteiger partial charge in [0.25, 0.3) is 0 Å². The van der Waals surface area contributed by atoms with E-state index in [9.17, 15) is 0 Å². The summed E-state index contributed by atoms with van der Waals surface area (Å²) in [6.45, 7) is 2.86. The molecule has 0 aliphatic rings. The monoisotopic (exact) mass is 247 g/mol. The molecular weight excluding hydrogens is 230 g/mol. The summed E-state index contributed by atoms with van der Waals surface area (Å²) in [5.41, 5.74) is 1.79. The van der Waals surface area contributed by atoms with Crippen LogP contribution in [0.3, 0.4) is 0 Å². The SMILES string of the molecule is CCNC(c1nccnc1OC)c1cncn1C.